The Morgan fingerprint density at radius 1 is 1.19 bits per heavy atom. The van der Waals surface area contributed by atoms with Gasteiger partial charge in [-0.3, -0.25) is 4.79 Å². The Kier molecular flexibility index (Phi) is 4.72. The Morgan fingerprint density at radius 3 is 2.87 bits per heavy atom. The summed E-state index contributed by atoms with van der Waals surface area (Å²) in [5.41, 5.74) is 9.84. The first-order valence-corrected chi connectivity index (χ1v) is 10.4. The molecule has 0 radical (unpaired) electrons. The van der Waals surface area contributed by atoms with Gasteiger partial charge in [0.2, 0.25) is 0 Å². The number of hydrogen-bond acceptors (Lipinski definition) is 6. The Balaban J connectivity index is 1.35. The molecule has 5 aromatic rings. The minimum absolute atomic E-state index is 0.169. The average molecular weight is 430 g/mol. The lowest BCUT2D eigenvalue weighted by Gasteiger charge is -2.05. The molecule has 0 saturated heterocycles. The van der Waals surface area contributed by atoms with Crippen LogP contribution in [0.5, 0.6) is 0 Å². The molecule has 8 nitrogen and oxygen atoms in total. The number of nitrogen functional groups attached to an aromatic ring is 1. The Bertz CT molecular complexity index is 1400. The molecule has 0 fully saturated rings. The number of para-hydroxylation sites is 2. The zero-order valence-electron chi connectivity index (χ0n) is 16.7. The number of rotatable bonds is 5. The number of carbonyl (C=O) groups excluding carboxylic acids is 1. The zero-order valence-corrected chi connectivity index (χ0v) is 17.5. The fraction of sp³-hybridized carbons (Fsp3) is 0.0909. The number of aromatic nitrogens is 5. The largest absolute Gasteiger partial charge is 0.397 e. The fourth-order valence-corrected chi connectivity index (χ4v) is 4.39. The highest BCUT2D eigenvalue weighted by atomic mass is 32.1. The maximum Gasteiger partial charge on any atom is 0.265 e. The van der Waals surface area contributed by atoms with E-state index in [1.807, 2.05) is 48.1 Å². The van der Waals surface area contributed by atoms with Gasteiger partial charge >= 0.3 is 0 Å². The van der Waals surface area contributed by atoms with Gasteiger partial charge in [0.15, 0.2) is 0 Å². The van der Waals surface area contributed by atoms with E-state index in [0.29, 0.717) is 22.8 Å². The summed E-state index contributed by atoms with van der Waals surface area (Å²) >= 11 is 1.45. The third kappa shape index (κ3) is 3.78. The molecule has 1 amide bonds. The number of anilines is 2. The number of aryl methyl sites for hydroxylation is 1. The van der Waals surface area contributed by atoms with Crippen molar-refractivity contribution >= 4 is 38.7 Å². The normalized spacial score (nSPS) is 11.1. The first kappa shape index (κ1) is 19.0. The van der Waals surface area contributed by atoms with Crippen molar-refractivity contribution in [1.29, 1.82) is 0 Å². The second-order valence-electron chi connectivity index (χ2n) is 7.22. The number of thiophene rings is 1. The summed E-state index contributed by atoms with van der Waals surface area (Å²) in [6.07, 6.45) is 5.40. The van der Waals surface area contributed by atoms with E-state index in [1.54, 1.807) is 29.3 Å². The van der Waals surface area contributed by atoms with Crippen molar-refractivity contribution in [3.05, 3.63) is 77.7 Å². The number of hydrogen-bond donors (Lipinski definition) is 2. The molecule has 31 heavy (non-hydrogen) atoms. The van der Waals surface area contributed by atoms with E-state index in [-0.39, 0.29) is 5.91 Å². The third-order valence-electron chi connectivity index (χ3n) is 4.98. The number of imidazole rings is 1. The van der Waals surface area contributed by atoms with Crippen LogP contribution in [0.4, 0.5) is 11.4 Å². The van der Waals surface area contributed by atoms with E-state index in [0.717, 1.165) is 27.0 Å². The van der Waals surface area contributed by atoms with Crippen LogP contribution in [0, 0.1) is 0 Å². The minimum Gasteiger partial charge on any atom is -0.397 e. The van der Waals surface area contributed by atoms with Gasteiger partial charge in [0.25, 0.3) is 5.91 Å². The van der Waals surface area contributed by atoms with E-state index in [2.05, 4.69) is 26.7 Å². The molecule has 3 N–H and O–H groups in total. The molecule has 0 aliphatic rings. The summed E-state index contributed by atoms with van der Waals surface area (Å²) in [7, 11) is 1.92. The Morgan fingerprint density at radius 2 is 2.06 bits per heavy atom. The minimum atomic E-state index is -0.169. The van der Waals surface area contributed by atoms with E-state index in [4.69, 9.17) is 5.73 Å². The van der Waals surface area contributed by atoms with Gasteiger partial charge in [-0.2, -0.15) is 0 Å². The van der Waals surface area contributed by atoms with E-state index >= 15 is 0 Å². The third-order valence-corrected chi connectivity index (χ3v) is 6.08. The van der Waals surface area contributed by atoms with E-state index in [1.165, 1.54) is 11.3 Å². The van der Waals surface area contributed by atoms with Crippen molar-refractivity contribution < 1.29 is 4.79 Å². The SMILES string of the molecule is Cn1cncc1-c1cn(Cc2ccc3cc(C(=O)Nc4ccccc4N)sc3c2)nn1. The number of amides is 1. The first-order chi connectivity index (χ1) is 15.1. The summed E-state index contributed by atoms with van der Waals surface area (Å²) in [5, 5.41) is 12.4. The van der Waals surface area contributed by atoms with Crippen LogP contribution >= 0.6 is 11.3 Å². The van der Waals surface area contributed by atoms with Crippen LogP contribution in [-0.2, 0) is 13.6 Å². The highest BCUT2D eigenvalue weighted by Gasteiger charge is 2.13. The van der Waals surface area contributed by atoms with Crippen molar-refractivity contribution in [1.82, 2.24) is 24.5 Å². The molecule has 0 unspecified atom stereocenters. The maximum atomic E-state index is 12.7. The molecule has 0 aliphatic carbocycles. The van der Waals surface area contributed by atoms with Crippen LogP contribution < -0.4 is 11.1 Å². The van der Waals surface area contributed by atoms with E-state index < -0.39 is 0 Å². The van der Waals surface area contributed by atoms with Crippen molar-refractivity contribution in [2.75, 3.05) is 11.1 Å². The fourth-order valence-electron chi connectivity index (χ4n) is 3.36. The summed E-state index contributed by atoms with van der Waals surface area (Å²) in [6.45, 7) is 0.584. The van der Waals surface area contributed by atoms with Gasteiger partial charge in [-0.05, 0) is 35.2 Å². The number of benzene rings is 2. The predicted octanol–water partition coefficient (Wildman–Crippen LogP) is 3.78. The molecule has 0 bridgehead atoms. The van der Waals surface area contributed by atoms with Crippen molar-refractivity contribution in [2.24, 2.45) is 7.05 Å². The smallest absolute Gasteiger partial charge is 0.265 e. The van der Waals surface area contributed by atoms with Gasteiger partial charge in [0.05, 0.1) is 47.2 Å². The number of fused-ring (bicyclic) bond motifs is 1. The lowest BCUT2D eigenvalue weighted by molar-refractivity contribution is 0.103. The lowest BCUT2D eigenvalue weighted by atomic mass is 10.1. The van der Waals surface area contributed by atoms with Gasteiger partial charge < -0.3 is 15.6 Å². The van der Waals surface area contributed by atoms with Gasteiger partial charge in [-0.25, -0.2) is 9.67 Å². The molecule has 154 valence electrons. The summed E-state index contributed by atoms with van der Waals surface area (Å²) in [5.74, 6) is -0.169. The lowest BCUT2D eigenvalue weighted by Crippen LogP contribution is -2.11. The second kappa shape index (κ2) is 7.69. The molecule has 0 saturated carbocycles. The molecule has 3 heterocycles. The number of carbonyl (C=O) groups is 1. The van der Waals surface area contributed by atoms with Gasteiger partial charge in [0, 0.05) is 11.7 Å². The quantitative estimate of drug-likeness (QED) is 0.414. The van der Waals surface area contributed by atoms with Crippen LogP contribution in [-0.4, -0.2) is 30.5 Å². The molecule has 3 aromatic heterocycles. The monoisotopic (exact) mass is 429 g/mol. The molecule has 0 aliphatic heterocycles. The van der Waals surface area contributed by atoms with Gasteiger partial charge in [-0.15, -0.1) is 16.4 Å². The highest BCUT2D eigenvalue weighted by Crippen LogP contribution is 2.28. The average Bonchev–Trinajstić information content (AvgIpc) is 3.49. The van der Waals surface area contributed by atoms with Crippen molar-refractivity contribution in [3.63, 3.8) is 0 Å². The van der Waals surface area contributed by atoms with Crippen LogP contribution in [0.1, 0.15) is 15.2 Å². The highest BCUT2D eigenvalue weighted by molar-refractivity contribution is 7.20. The molecule has 2 aromatic carbocycles. The molecular weight excluding hydrogens is 410 g/mol. The first-order valence-electron chi connectivity index (χ1n) is 9.62. The molecule has 0 atom stereocenters. The Hall–Kier alpha value is -3.98. The zero-order chi connectivity index (χ0) is 21.4. The predicted molar refractivity (Wildman–Crippen MR) is 122 cm³/mol. The number of nitrogens with zero attached hydrogens (tertiary/aromatic N) is 5. The summed E-state index contributed by atoms with van der Waals surface area (Å²) in [6, 6.07) is 15.3. The van der Waals surface area contributed by atoms with Crippen LogP contribution in [0.2, 0.25) is 0 Å². The van der Waals surface area contributed by atoms with Crippen LogP contribution in [0.15, 0.2) is 67.3 Å². The van der Waals surface area contributed by atoms with E-state index in [9.17, 15) is 4.79 Å². The van der Waals surface area contributed by atoms with Crippen LogP contribution in [0.25, 0.3) is 21.5 Å². The molecule has 0 spiro atoms. The summed E-state index contributed by atoms with van der Waals surface area (Å²) in [4.78, 5) is 17.4. The van der Waals surface area contributed by atoms with Gasteiger partial charge in [0.1, 0.15) is 5.69 Å². The van der Waals surface area contributed by atoms with Gasteiger partial charge in [-0.1, -0.05) is 29.5 Å². The number of nitrogens with one attached hydrogen (secondary N) is 1. The van der Waals surface area contributed by atoms with Crippen LogP contribution in [0.3, 0.4) is 0 Å². The molecule has 9 heteroatoms. The van der Waals surface area contributed by atoms with Crippen molar-refractivity contribution in [3.8, 4) is 11.4 Å². The second-order valence-corrected chi connectivity index (χ2v) is 8.30. The standard InChI is InChI=1S/C22H19N7OS/c1-28-13-24-10-19(28)18-12-29(27-26-18)11-14-6-7-15-9-21(31-20(15)8-14)22(30)25-17-5-3-2-4-16(17)23/h2-10,12-13H,11,23H2,1H3,(H,25,30). The van der Waals surface area contributed by atoms with Crippen molar-refractivity contribution in [2.45, 2.75) is 6.54 Å². The molecule has 5 rings (SSSR count). The maximum absolute atomic E-state index is 12.7. The number of nitrogens with two attached hydrogens (primary N) is 1. The topological polar surface area (TPSA) is 104 Å². The Labute approximate surface area is 182 Å². The summed E-state index contributed by atoms with van der Waals surface area (Å²) < 4.78 is 4.74. The molecular formula is C22H19N7OS.